The van der Waals surface area contributed by atoms with Gasteiger partial charge in [0.1, 0.15) is 0 Å². The SMILES string of the molecule is C[C@H](CCC(N)=O)[C@H]1CC[C@H]2[C@@H]3CCC4(C(=O)O)CC(N(C)C)CC[C@]4(C)[C@H]3CC[C@]12C. The predicted octanol–water partition coefficient (Wildman–Crippen LogP) is 4.93. The monoisotopic (exact) mass is 446 g/mol. The molecule has 4 rings (SSSR count). The maximum atomic E-state index is 12.9. The van der Waals surface area contributed by atoms with Crippen molar-refractivity contribution in [1.29, 1.82) is 0 Å². The number of carbonyl (C=O) groups is 2. The van der Waals surface area contributed by atoms with Crippen molar-refractivity contribution in [1.82, 2.24) is 4.90 Å². The highest BCUT2D eigenvalue weighted by Gasteiger charge is 2.67. The first-order valence-electron chi connectivity index (χ1n) is 13.1. The second-order valence-corrected chi connectivity index (χ2v) is 12.8. The Bertz CT molecular complexity index is 753. The van der Waals surface area contributed by atoms with E-state index < -0.39 is 11.4 Å². The van der Waals surface area contributed by atoms with Gasteiger partial charge in [0.05, 0.1) is 5.41 Å². The number of hydrogen-bond acceptors (Lipinski definition) is 3. The molecule has 0 spiro atoms. The Morgan fingerprint density at radius 1 is 1.03 bits per heavy atom. The summed E-state index contributed by atoms with van der Waals surface area (Å²) in [7, 11) is 4.22. The second kappa shape index (κ2) is 8.29. The van der Waals surface area contributed by atoms with Crippen LogP contribution < -0.4 is 5.73 Å². The predicted molar refractivity (Wildman–Crippen MR) is 127 cm³/mol. The Labute approximate surface area is 194 Å². The smallest absolute Gasteiger partial charge is 0.310 e. The Hall–Kier alpha value is -1.10. The Kier molecular flexibility index (Phi) is 6.22. The third kappa shape index (κ3) is 3.44. The average molecular weight is 447 g/mol. The van der Waals surface area contributed by atoms with E-state index in [-0.39, 0.29) is 11.3 Å². The zero-order valence-corrected chi connectivity index (χ0v) is 21.0. The van der Waals surface area contributed by atoms with Crippen LogP contribution in [0.15, 0.2) is 0 Å². The Balaban J connectivity index is 1.59. The van der Waals surface area contributed by atoms with Crippen molar-refractivity contribution >= 4 is 11.9 Å². The van der Waals surface area contributed by atoms with E-state index in [0.29, 0.717) is 47.5 Å². The highest BCUT2D eigenvalue weighted by atomic mass is 16.4. The van der Waals surface area contributed by atoms with Crippen LogP contribution in [-0.2, 0) is 9.59 Å². The van der Waals surface area contributed by atoms with Crippen LogP contribution in [0.1, 0.15) is 91.4 Å². The van der Waals surface area contributed by atoms with Crippen molar-refractivity contribution in [2.75, 3.05) is 14.1 Å². The number of fused-ring (bicyclic) bond motifs is 5. The van der Waals surface area contributed by atoms with E-state index in [1.165, 1.54) is 25.7 Å². The maximum Gasteiger partial charge on any atom is 0.310 e. The van der Waals surface area contributed by atoms with Gasteiger partial charge >= 0.3 is 5.97 Å². The van der Waals surface area contributed by atoms with Crippen LogP contribution >= 0.6 is 0 Å². The van der Waals surface area contributed by atoms with Crippen LogP contribution in [0, 0.1) is 45.8 Å². The molecule has 3 N–H and O–H groups in total. The topological polar surface area (TPSA) is 83.6 Å². The molecule has 0 aromatic carbocycles. The molecule has 2 unspecified atom stereocenters. The number of carboxylic acids is 1. The van der Waals surface area contributed by atoms with Crippen LogP contribution in [0.25, 0.3) is 0 Å². The van der Waals surface area contributed by atoms with E-state index in [1.807, 2.05) is 0 Å². The largest absolute Gasteiger partial charge is 0.481 e. The van der Waals surface area contributed by atoms with Gasteiger partial charge in [-0.25, -0.2) is 0 Å². The highest BCUT2D eigenvalue weighted by molar-refractivity contribution is 5.76. The number of hydrogen-bond donors (Lipinski definition) is 2. The summed E-state index contributed by atoms with van der Waals surface area (Å²) in [5.41, 5.74) is 5.12. The minimum Gasteiger partial charge on any atom is -0.481 e. The summed E-state index contributed by atoms with van der Waals surface area (Å²) in [4.78, 5) is 26.5. The van der Waals surface area contributed by atoms with Crippen molar-refractivity contribution in [3.05, 3.63) is 0 Å². The highest BCUT2D eigenvalue weighted by Crippen LogP contribution is 2.71. The van der Waals surface area contributed by atoms with Crippen molar-refractivity contribution in [2.24, 2.45) is 51.6 Å². The molecule has 0 saturated heterocycles. The summed E-state index contributed by atoms with van der Waals surface area (Å²) in [6.07, 6.45) is 11.2. The van der Waals surface area contributed by atoms with Crippen LogP contribution in [0.5, 0.6) is 0 Å². The minimum atomic E-state index is -0.568. The fraction of sp³-hybridized carbons (Fsp3) is 0.926. The molecular weight excluding hydrogens is 400 g/mol. The quantitative estimate of drug-likeness (QED) is 0.606. The summed E-state index contributed by atoms with van der Waals surface area (Å²) >= 11 is 0. The molecule has 5 nitrogen and oxygen atoms in total. The van der Waals surface area contributed by atoms with Gasteiger partial charge in [-0.2, -0.15) is 0 Å². The molecule has 0 heterocycles. The molecule has 4 aliphatic carbocycles. The molecule has 32 heavy (non-hydrogen) atoms. The normalized spacial score (nSPS) is 46.8. The fourth-order valence-corrected chi connectivity index (χ4v) is 9.69. The van der Waals surface area contributed by atoms with E-state index in [9.17, 15) is 14.7 Å². The van der Waals surface area contributed by atoms with Gasteiger partial charge in [0, 0.05) is 12.5 Å². The molecule has 4 fully saturated rings. The van der Waals surface area contributed by atoms with Gasteiger partial charge in [0.15, 0.2) is 0 Å². The first-order valence-corrected chi connectivity index (χ1v) is 13.1. The summed E-state index contributed by atoms with van der Waals surface area (Å²) in [6, 6.07) is 0.381. The molecule has 9 atom stereocenters. The van der Waals surface area contributed by atoms with Gasteiger partial charge in [0.25, 0.3) is 0 Å². The number of nitrogens with zero attached hydrogens (tertiary/aromatic N) is 1. The number of aliphatic carboxylic acids is 1. The Morgan fingerprint density at radius 2 is 1.75 bits per heavy atom. The summed E-state index contributed by atoms with van der Waals surface area (Å²) in [5, 5.41) is 10.6. The summed E-state index contributed by atoms with van der Waals surface area (Å²) < 4.78 is 0. The Morgan fingerprint density at radius 3 is 2.38 bits per heavy atom. The molecule has 4 saturated carbocycles. The zero-order chi connectivity index (χ0) is 23.5. The van der Waals surface area contributed by atoms with Crippen LogP contribution in [0.2, 0.25) is 0 Å². The molecule has 5 heteroatoms. The number of primary amides is 1. The number of rotatable bonds is 6. The summed E-state index contributed by atoms with van der Waals surface area (Å²) in [6.45, 7) is 7.21. The lowest BCUT2D eigenvalue weighted by Crippen LogP contribution is -2.63. The van der Waals surface area contributed by atoms with Crippen molar-refractivity contribution < 1.29 is 14.7 Å². The van der Waals surface area contributed by atoms with Gasteiger partial charge in [-0.1, -0.05) is 20.8 Å². The first-order chi connectivity index (χ1) is 15.0. The number of nitrogens with two attached hydrogens (primary N) is 1. The van der Waals surface area contributed by atoms with Crippen molar-refractivity contribution in [3.8, 4) is 0 Å². The third-order valence-electron chi connectivity index (χ3n) is 11.6. The zero-order valence-electron chi connectivity index (χ0n) is 21.0. The standard InChI is InChI=1S/C27H46N2O3/c1-17(6-9-23(28)30)20-7-8-21-19-11-15-27(24(31)32)16-18(29(4)5)10-14-26(27,3)22(19)12-13-25(20,21)2/h17-22H,6-16H2,1-5H3,(H2,28,30)(H,31,32)/t17-,18?,19+,20-,21+,22+,25-,26-,27?/m1/s1. The van der Waals surface area contributed by atoms with E-state index >= 15 is 0 Å². The third-order valence-corrected chi connectivity index (χ3v) is 11.6. The molecule has 0 aromatic heterocycles. The second-order valence-electron chi connectivity index (χ2n) is 12.8. The molecule has 0 bridgehead atoms. The lowest BCUT2D eigenvalue weighted by Gasteiger charge is -2.65. The van der Waals surface area contributed by atoms with E-state index in [0.717, 1.165) is 38.5 Å². The molecule has 0 aliphatic heterocycles. The van der Waals surface area contributed by atoms with Crippen molar-refractivity contribution in [3.63, 3.8) is 0 Å². The molecular formula is C27H46N2O3. The number of amides is 1. The lowest BCUT2D eigenvalue weighted by atomic mass is 9.39. The minimum absolute atomic E-state index is 0.0920. The number of carboxylic acid groups (broad SMARTS) is 1. The van der Waals surface area contributed by atoms with Crippen molar-refractivity contribution in [2.45, 2.75) is 97.4 Å². The van der Waals surface area contributed by atoms with E-state index in [1.54, 1.807) is 0 Å². The molecule has 4 aliphatic rings. The number of carbonyl (C=O) groups excluding carboxylic acids is 1. The van der Waals surface area contributed by atoms with Crippen LogP contribution in [-0.4, -0.2) is 42.0 Å². The van der Waals surface area contributed by atoms with Gasteiger partial charge in [0.2, 0.25) is 5.91 Å². The van der Waals surface area contributed by atoms with Gasteiger partial charge in [-0.05, 0) is 119 Å². The lowest BCUT2D eigenvalue weighted by molar-refractivity contribution is -0.198. The molecule has 0 radical (unpaired) electrons. The van der Waals surface area contributed by atoms with E-state index in [4.69, 9.17) is 5.73 Å². The van der Waals surface area contributed by atoms with Gasteiger partial charge in [-0.15, -0.1) is 0 Å². The van der Waals surface area contributed by atoms with Crippen LogP contribution in [0.4, 0.5) is 0 Å². The molecule has 182 valence electrons. The fourth-order valence-electron chi connectivity index (χ4n) is 9.69. The maximum absolute atomic E-state index is 12.9. The molecule has 1 amide bonds. The van der Waals surface area contributed by atoms with Gasteiger partial charge in [-0.3, -0.25) is 9.59 Å². The molecule has 0 aromatic rings. The van der Waals surface area contributed by atoms with E-state index in [2.05, 4.69) is 39.8 Å². The first kappa shape index (κ1) is 24.0. The van der Waals surface area contributed by atoms with Crippen LogP contribution in [0.3, 0.4) is 0 Å². The summed E-state index contributed by atoms with van der Waals surface area (Å²) in [5.74, 6) is 2.38. The van der Waals surface area contributed by atoms with Gasteiger partial charge < -0.3 is 15.7 Å². The average Bonchev–Trinajstić information content (AvgIpc) is 3.08.